The van der Waals surface area contributed by atoms with Crippen molar-refractivity contribution < 1.29 is 26.4 Å². The van der Waals surface area contributed by atoms with Crippen LogP contribution in [0.3, 0.4) is 0 Å². The molecule has 1 fully saturated rings. The minimum Gasteiger partial charge on any atom is -0.339 e. The quantitative estimate of drug-likeness (QED) is 0.242. The minimum absolute atomic E-state index is 0.0802. The van der Waals surface area contributed by atoms with Crippen molar-refractivity contribution in [3.8, 4) is 0 Å². The fourth-order valence-corrected chi connectivity index (χ4v) is 6.69. The molecule has 35 heavy (non-hydrogen) atoms. The lowest BCUT2D eigenvalue weighted by Crippen LogP contribution is -2.43. The number of aromatic nitrogens is 1. The lowest BCUT2D eigenvalue weighted by Gasteiger charge is -2.38. The van der Waals surface area contributed by atoms with E-state index in [1.165, 1.54) is 29.5 Å². The molecule has 12 heteroatoms. The number of piperidine rings is 1. The van der Waals surface area contributed by atoms with E-state index < -0.39 is 21.9 Å². The average Bonchev–Trinajstić information content (AvgIpc) is 3.32. The summed E-state index contributed by atoms with van der Waals surface area (Å²) in [5.74, 6) is -1.58. The molecule has 6 nitrogen and oxygen atoms in total. The monoisotopic (exact) mass is 635 g/mol. The number of fused-ring (bicyclic) bond motifs is 1. The van der Waals surface area contributed by atoms with Crippen LogP contribution in [0, 0.1) is 0 Å². The third-order valence-corrected chi connectivity index (χ3v) is 9.77. The molecule has 1 aromatic heterocycles. The average molecular weight is 635 g/mol. The molecule has 0 radical (unpaired) electrons. The molecule has 2 aromatic carbocycles. The smallest absolute Gasteiger partial charge is 0.301 e. The Morgan fingerprint density at radius 3 is 2.46 bits per heavy atom. The van der Waals surface area contributed by atoms with Crippen LogP contribution in [0.15, 0.2) is 64.8 Å². The highest BCUT2D eigenvalue weighted by Crippen LogP contribution is 2.38. The number of benzene rings is 2. The lowest BCUT2D eigenvalue weighted by atomic mass is 9.91. The van der Waals surface area contributed by atoms with Crippen molar-refractivity contribution in [2.75, 3.05) is 17.8 Å². The van der Waals surface area contributed by atoms with E-state index in [9.17, 15) is 26.4 Å². The molecule has 4 rings (SSSR count). The Kier molecular flexibility index (Phi) is 7.71. The summed E-state index contributed by atoms with van der Waals surface area (Å²) in [7, 11) is -3.87. The van der Waals surface area contributed by atoms with Gasteiger partial charge in [-0.15, -0.1) is 11.3 Å². The summed E-state index contributed by atoms with van der Waals surface area (Å²) in [6.07, 6.45) is -1.17. The summed E-state index contributed by atoms with van der Waals surface area (Å²) in [4.78, 5) is 18.8. The van der Waals surface area contributed by atoms with Crippen LogP contribution < -0.4 is 4.72 Å². The van der Waals surface area contributed by atoms with Gasteiger partial charge in [-0.05, 0) is 55.7 Å². The molecule has 1 aliphatic heterocycles. The number of nitrogens with one attached hydrogen (secondary N) is 1. The van der Waals surface area contributed by atoms with E-state index in [1.807, 2.05) is 0 Å². The number of sulfonamides is 1. The third kappa shape index (κ3) is 5.97. The maximum atomic E-state index is 13.2. The number of thiazole rings is 1. The summed E-state index contributed by atoms with van der Waals surface area (Å²) in [6, 6.07) is 11.1. The van der Waals surface area contributed by atoms with Gasteiger partial charge in [0.1, 0.15) is 10.4 Å². The Morgan fingerprint density at radius 1 is 1.11 bits per heavy atom. The first-order valence-corrected chi connectivity index (χ1v) is 14.2. The summed E-state index contributed by atoms with van der Waals surface area (Å²) in [5.41, 5.74) is 2.71. The molecule has 0 unspecified atom stereocenters. The Hall–Kier alpha value is -2.19. The molecular weight excluding hydrogens is 614 g/mol. The fourth-order valence-electron chi connectivity index (χ4n) is 3.94. The van der Waals surface area contributed by atoms with Crippen LogP contribution >= 0.6 is 33.9 Å². The van der Waals surface area contributed by atoms with Crippen molar-refractivity contribution in [2.45, 2.75) is 34.0 Å². The second-order valence-electron chi connectivity index (χ2n) is 8.25. The van der Waals surface area contributed by atoms with Gasteiger partial charge in [0.05, 0.1) is 10.2 Å². The molecule has 3 aromatic rings. The van der Waals surface area contributed by atoms with Gasteiger partial charge in [0.25, 0.3) is 15.9 Å². The van der Waals surface area contributed by atoms with Crippen molar-refractivity contribution in [1.82, 2.24) is 9.88 Å². The van der Waals surface area contributed by atoms with E-state index >= 15 is 0 Å². The first-order chi connectivity index (χ1) is 16.6. The van der Waals surface area contributed by atoms with Crippen molar-refractivity contribution in [3.05, 3.63) is 65.4 Å². The van der Waals surface area contributed by atoms with Crippen LogP contribution in [0.5, 0.6) is 0 Å². The molecule has 1 amide bonds. The number of hydrogen-bond donors (Lipinski definition) is 1. The number of carbonyl (C=O) groups is 1. The highest BCUT2D eigenvalue weighted by molar-refractivity contribution is 14.1. The first-order valence-electron chi connectivity index (χ1n) is 10.7. The fraction of sp³-hybridized carbons (Fsp3) is 0.304. The molecule has 1 aliphatic rings. The van der Waals surface area contributed by atoms with Gasteiger partial charge in [-0.3, -0.25) is 9.52 Å². The van der Waals surface area contributed by atoms with E-state index in [4.69, 9.17) is 0 Å². The Labute approximate surface area is 218 Å². The zero-order valence-electron chi connectivity index (χ0n) is 18.3. The van der Waals surface area contributed by atoms with E-state index in [0.29, 0.717) is 42.7 Å². The van der Waals surface area contributed by atoms with E-state index in [0.717, 1.165) is 4.70 Å². The van der Waals surface area contributed by atoms with Crippen LogP contribution in [-0.2, 0) is 10.0 Å². The maximum Gasteiger partial charge on any atom is 0.301 e. The second-order valence-corrected chi connectivity index (χ2v) is 13.1. The zero-order valence-corrected chi connectivity index (χ0v) is 22.1. The highest BCUT2D eigenvalue weighted by atomic mass is 127. The van der Waals surface area contributed by atoms with E-state index in [1.54, 1.807) is 34.7 Å². The van der Waals surface area contributed by atoms with Crippen LogP contribution in [0.25, 0.3) is 10.2 Å². The number of amides is 1. The molecule has 0 bridgehead atoms. The van der Waals surface area contributed by atoms with E-state index in [2.05, 4.69) is 32.3 Å². The zero-order chi connectivity index (χ0) is 25.2. The minimum atomic E-state index is -3.87. The van der Waals surface area contributed by atoms with Crippen molar-refractivity contribution in [2.24, 2.45) is 0 Å². The van der Waals surface area contributed by atoms with Gasteiger partial charge in [0.2, 0.25) is 0 Å². The van der Waals surface area contributed by atoms with Gasteiger partial charge >= 0.3 is 6.08 Å². The molecule has 0 aliphatic carbocycles. The van der Waals surface area contributed by atoms with Crippen molar-refractivity contribution >= 4 is 65.8 Å². The van der Waals surface area contributed by atoms with Gasteiger partial charge in [-0.2, -0.15) is 8.78 Å². The Balaban J connectivity index is 1.38. The number of allylic oxidation sites excluding steroid dienone is 1. The van der Waals surface area contributed by atoms with Crippen LogP contribution in [0.4, 0.5) is 18.9 Å². The first kappa shape index (κ1) is 25.9. The molecular formula is C23H21F3IN3O3S2. The Bertz CT molecular complexity index is 1370. The SMILES string of the molecule is O=C(c1ccc(NS(=O)(=O)c2cccc3scnc23)cc1)N1CCC(I)(CCC(F)=C(F)F)CC1. The number of nitrogens with zero attached hydrogens (tertiary/aromatic N) is 2. The number of rotatable bonds is 7. The number of para-hydroxylation sites is 1. The van der Waals surface area contributed by atoms with Gasteiger partial charge in [0, 0.05) is 34.2 Å². The molecule has 1 saturated heterocycles. The normalized spacial score (nSPS) is 15.7. The van der Waals surface area contributed by atoms with Gasteiger partial charge in [-0.1, -0.05) is 28.7 Å². The number of anilines is 1. The molecule has 1 N–H and O–H groups in total. The third-order valence-electron chi connectivity index (χ3n) is 5.94. The van der Waals surface area contributed by atoms with Crippen molar-refractivity contribution in [3.63, 3.8) is 0 Å². The number of likely N-dealkylation sites (tertiary alicyclic amines) is 1. The predicted molar refractivity (Wildman–Crippen MR) is 138 cm³/mol. The molecule has 0 spiro atoms. The van der Waals surface area contributed by atoms with Crippen LogP contribution in [0.1, 0.15) is 36.0 Å². The number of halogens is 4. The number of carbonyl (C=O) groups excluding carboxylic acids is 1. The Morgan fingerprint density at radius 2 is 1.80 bits per heavy atom. The predicted octanol–water partition coefficient (Wildman–Crippen LogP) is 6.36. The van der Waals surface area contributed by atoms with Crippen molar-refractivity contribution in [1.29, 1.82) is 0 Å². The highest BCUT2D eigenvalue weighted by Gasteiger charge is 2.34. The summed E-state index contributed by atoms with van der Waals surface area (Å²) in [5, 5.41) is 0. The topological polar surface area (TPSA) is 79.4 Å². The molecule has 0 saturated carbocycles. The van der Waals surface area contributed by atoms with Gasteiger partial charge in [-0.25, -0.2) is 17.8 Å². The molecule has 186 valence electrons. The maximum absolute atomic E-state index is 13.2. The van der Waals surface area contributed by atoms with E-state index in [-0.39, 0.29) is 27.1 Å². The van der Waals surface area contributed by atoms with Crippen LogP contribution in [0.2, 0.25) is 0 Å². The lowest BCUT2D eigenvalue weighted by molar-refractivity contribution is 0.0706. The summed E-state index contributed by atoms with van der Waals surface area (Å²) >= 11 is 3.53. The van der Waals surface area contributed by atoms with Gasteiger partial charge < -0.3 is 4.90 Å². The van der Waals surface area contributed by atoms with Gasteiger partial charge in [0.15, 0.2) is 5.83 Å². The number of hydrogen-bond acceptors (Lipinski definition) is 5. The van der Waals surface area contributed by atoms with Crippen LogP contribution in [-0.4, -0.2) is 40.7 Å². The summed E-state index contributed by atoms with van der Waals surface area (Å²) < 4.78 is 66.5. The summed E-state index contributed by atoms with van der Waals surface area (Å²) in [6.45, 7) is 0.856. The molecule has 2 heterocycles. The largest absolute Gasteiger partial charge is 0.339 e. The standard InChI is InChI=1S/C23H21F3IN3O3S2/c24-17(21(25)26)8-9-23(27)10-12-30(13-11-23)22(31)15-4-6-16(7-5-15)29-35(32,33)19-3-1-2-18-20(19)28-14-34-18/h1-7,14,29H,8-13H2. The molecule has 0 atom stereocenters. The number of alkyl halides is 1. The second kappa shape index (κ2) is 10.4.